The molecule has 4 rings (SSSR count). The van der Waals surface area contributed by atoms with Crippen molar-refractivity contribution < 1.29 is 26.8 Å². The Morgan fingerprint density at radius 1 is 1.07 bits per heavy atom. The second-order valence-corrected chi connectivity index (χ2v) is 8.89. The summed E-state index contributed by atoms with van der Waals surface area (Å²) < 4.78 is 34.0. The Morgan fingerprint density at radius 2 is 1.90 bits per heavy atom. The smallest absolute Gasteiger partial charge is 0.302 e. The van der Waals surface area contributed by atoms with Crippen molar-refractivity contribution in [1.82, 2.24) is 9.97 Å². The summed E-state index contributed by atoms with van der Waals surface area (Å²) in [6, 6.07) is 7.37. The molecule has 0 aliphatic heterocycles. The lowest BCUT2D eigenvalue weighted by Gasteiger charge is -1.97. The lowest BCUT2D eigenvalue weighted by molar-refractivity contribution is 0.0990. The van der Waals surface area contributed by atoms with E-state index in [0.29, 0.717) is 10.2 Å². The molecule has 3 aromatic heterocycles. The predicted molar refractivity (Wildman–Crippen MR) is 104 cm³/mol. The van der Waals surface area contributed by atoms with E-state index < -0.39 is 21.7 Å². The molecule has 10 nitrogen and oxygen atoms in total. The highest BCUT2D eigenvalue weighted by atomic mass is 32.2. The summed E-state index contributed by atoms with van der Waals surface area (Å²) in [7, 11) is -3.35. The Kier molecular flexibility index (Phi) is 4.64. The van der Waals surface area contributed by atoms with E-state index in [1.54, 1.807) is 12.1 Å². The third kappa shape index (κ3) is 4.02. The van der Waals surface area contributed by atoms with Crippen molar-refractivity contribution in [3.8, 4) is 0 Å². The zero-order chi connectivity index (χ0) is 20.6. The number of oxazole rings is 1. The van der Waals surface area contributed by atoms with E-state index in [-0.39, 0.29) is 27.5 Å². The van der Waals surface area contributed by atoms with Crippen LogP contribution in [-0.2, 0) is 9.84 Å². The van der Waals surface area contributed by atoms with E-state index in [2.05, 4.69) is 20.6 Å². The highest BCUT2D eigenvalue weighted by Gasteiger charge is 2.18. The van der Waals surface area contributed by atoms with Gasteiger partial charge in [0, 0.05) is 6.26 Å². The molecular formula is C17H12N4O6S2. The maximum atomic E-state index is 12.4. The summed E-state index contributed by atoms with van der Waals surface area (Å²) in [6.45, 7) is 0. The minimum atomic E-state index is -3.35. The summed E-state index contributed by atoms with van der Waals surface area (Å²) >= 11 is 1.12. The molecule has 4 aromatic rings. The van der Waals surface area contributed by atoms with Crippen LogP contribution in [0.25, 0.3) is 10.2 Å². The van der Waals surface area contributed by atoms with Gasteiger partial charge in [-0.1, -0.05) is 11.3 Å². The normalized spacial score (nSPS) is 11.5. The molecular weight excluding hydrogens is 420 g/mol. The summed E-state index contributed by atoms with van der Waals surface area (Å²) in [5.74, 6) is -1.11. The molecule has 148 valence electrons. The molecule has 0 unspecified atom stereocenters. The van der Waals surface area contributed by atoms with Gasteiger partial charge in [-0.2, -0.15) is 4.98 Å². The van der Waals surface area contributed by atoms with Crippen LogP contribution in [0, 0.1) is 0 Å². The molecule has 0 spiro atoms. The number of nitrogens with zero attached hydrogens (tertiary/aromatic N) is 2. The maximum absolute atomic E-state index is 12.4. The van der Waals surface area contributed by atoms with Crippen molar-refractivity contribution in [2.45, 2.75) is 4.90 Å². The quantitative estimate of drug-likeness (QED) is 0.490. The van der Waals surface area contributed by atoms with Crippen LogP contribution in [-0.4, -0.2) is 36.5 Å². The number of anilines is 2. The van der Waals surface area contributed by atoms with Gasteiger partial charge in [0.1, 0.15) is 6.26 Å². The number of sulfone groups is 1. The van der Waals surface area contributed by atoms with E-state index in [4.69, 9.17) is 8.83 Å². The second kappa shape index (κ2) is 7.14. The largest absolute Gasteiger partial charge is 0.459 e. The first-order chi connectivity index (χ1) is 13.8. The number of benzene rings is 1. The first kappa shape index (κ1) is 18.8. The molecule has 29 heavy (non-hydrogen) atoms. The van der Waals surface area contributed by atoms with Crippen LogP contribution in [0.2, 0.25) is 0 Å². The van der Waals surface area contributed by atoms with Crippen molar-refractivity contribution in [1.29, 1.82) is 0 Å². The highest BCUT2D eigenvalue weighted by molar-refractivity contribution is 7.90. The zero-order valence-electron chi connectivity index (χ0n) is 14.7. The Morgan fingerprint density at radius 3 is 2.62 bits per heavy atom. The number of hydrogen-bond donors (Lipinski definition) is 2. The lowest BCUT2D eigenvalue weighted by Crippen LogP contribution is -2.14. The van der Waals surface area contributed by atoms with E-state index in [9.17, 15) is 18.0 Å². The maximum Gasteiger partial charge on any atom is 0.302 e. The summed E-state index contributed by atoms with van der Waals surface area (Å²) in [4.78, 5) is 32.5. The highest BCUT2D eigenvalue weighted by Crippen LogP contribution is 2.28. The average Bonchev–Trinajstić information content (AvgIpc) is 3.40. The number of rotatable bonds is 5. The van der Waals surface area contributed by atoms with Gasteiger partial charge in [-0.15, -0.1) is 0 Å². The van der Waals surface area contributed by atoms with Gasteiger partial charge in [-0.25, -0.2) is 13.4 Å². The SMILES string of the molecule is CS(=O)(=O)c1ccc2nc(NC(=O)c3coc(NC(=O)c4ccco4)n3)sc2c1. The van der Waals surface area contributed by atoms with Crippen molar-refractivity contribution in [3.63, 3.8) is 0 Å². The third-order valence-corrected chi connectivity index (χ3v) is 5.75. The standard InChI is InChI=1S/C17H12N4O6S2/c1-29(24,25)9-4-5-10-13(7-9)28-17(19-10)21-14(22)11-8-27-16(18-11)20-15(23)12-3-2-6-26-12/h2-8H,1H3,(H,18,20,23)(H,19,21,22). The first-order valence-electron chi connectivity index (χ1n) is 8.02. The van der Waals surface area contributed by atoms with Crippen LogP contribution in [0.1, 0.15) is 21.0 Å². The molecule has 1 aromatic carbocycles. The van der Waals surface area contributed by atoms with Gasteiger partial charge in [-0.3, -0.25) is 20.2 Å². The number of furan rings is 1. The monoisotopic (exact) mass is 432 g/mol. The minimum Gasteiger partial charge on any atom is -0.459 e. The van der Waals surface area contributed by atoms with Crippen LogP contribution in [0.4, 0.5) is 11.1 Å². The topological polar surface area (TPSA) is 144 Å². The molecule has 0 saturated heterocycles. The number of aromatic nitrogens is 2. The van der Waals surface area contributed by atoms with Gasteiger partial charge in [-0.05, 0) is 30.3 Å². The Balaban J connectivity index is 1.48. The van der Waals surface area contributed by atoms with Gasteiger partial charge in [0.05, 0.1) is 21.4 Å². The van der Waals surface area contributed by atoms with Crippen molar-refractivity contribution in [3.05, 3.63) is 54.3 Å². The van der Waals surface area contributed by atoms with Crippen molar-refractivity contribution >= 4 is 54.4 Å². The van der Waals surface area contributed by atoms with Crippen molar-refractivity contribution in [2.24, 2.45) is 0 Å². The van der Waals surface area contributed by atoms with Crippen LogP contribution in [0.15, 0.2) is 56.6 Å². The zero-order valence-corrected chi connectivity index (χ0v) is 16.3. The lowest BCUT2D eigenvalue weighted by atomic mass is 10.3. The molecule has 2 N–H and O–H groups in total. The number of hydrogen-bond acceptors (Lipinski definition) is 9. The van der Waals surface area contributed by atoms with Gasteiger partial charge in [0.2, 0.25) is 0 Å². The molecule has 3 heterocycles. The van der Waals surface area contributed by atoms with Gasteiger partial charge in [0.15, 0.2) is 26.4 Å². The number of carbonyl (C=O) groups is 2. The van der Waals surface area contributed by atoms with E-state index in [0.717, 1.165) is 23.9 Å². The molecule has 12 heteroatoms. The Bertz CT molecular complexity index is 1320. The van der Waals surface area contributed by atoms with Crippen molar-refractivity contribution in [2.75, 3.05) is 16.9 Å². The van der Waals surface area contributed by atoms with Gasteiger partial charge in [0.25, 0.3) is 11.8 Å². The van der Waals surface area contributed by atoms with Crippen LogP contribution in [0.3, 0.4) is 0 Å². The molecule has 0 bridgehead atoms. The molecule has 0 radical (unpaired) electrons. The second-order valence-electron chi connectivity index (χ2n) is 5.84. The van der Waals surface area contributed by atoms with Gasteiger partial charge < -0.3 is 8.83 Å². The minimum absolute atomic E-state index is 0.0668. The fourth-order valence-electron chi connectivity index (χ4n) is 2.35. The molecule has 2 amide bonds. The van der Waals surface area contributed by atoms with Crippen LogP contribution >= 0.6 is 11.3 Å². The number of nitrogens with one attached hydrogen (secondary N) is 2. The van der Waals surface area contributed by atoms with E-state index in [1.807, 2.05) is 0 Å². The number of fused-ring (bicyclic) bond motifs is 1. The van der Waals surface area contributed by atoms with E-state index >= 15 is 0 Å². The molecule has 0 aliphatic rings. The molecule has 0 atom stereocenters. The Labute approximate surface area is 167 Å². The number of amides is 2. The summed E-state index contributed by atoms with van der Waals surface area (Å²) in [5.41, 5.74) is 0.472. The Hall–Kier alpha value is -3.51. The van der Waals surface area contributed by atoms with E-state index in [1.165, 1.54) is 24.5 Å². The van der Waals surface area contributed by atoms with Crippen LogP contribution < -0.4 is 10.6 Å². The number of thiazole rings is 1. The molecule has 0 fully saturated rings. The fourth-order valence-corrected chi connectivity index (χ4v) is 3.97. The van der Waals surface area contributed by atoms with Gasteiger partial charge >= 0.3 is 6.01 Å². The van der Waals surface area contributed by atoms with Crippen LogP contribution in [0.5, 0.6) is 0 Å². The summed E-state index contributed by atoms with van der Waals surface area (Å²) in [6.07, 6.45) is 3.55. The average molecular weight is 432 g/mol. The summed E-state index contributed by atoms with van der Waals surface area (Å²) in [5, 5.41) is 5.19. The fraction of sp³-hybridized carbons (Fsp3) is 0.0588. The molecule has 0 aliphatic carbocycles. The predicted octanol–water partition coefficient (Wildman–Crippen LogP) is 2.79. The first-order valence-corrected chi connectivity index (χ1v) is 10.7. The number of carbonyl (C=O) groups excluding carboxylic acids is 2. The molecule has 0 saturated carbocycles. The third-order valence-electron chi connectivity index (χ3n) is 3.71.